The number of carbonyl (C=O) groups excluding carboxylic acids is 1. The molecule has 94 valence electrons. The van der Waals surface area contributed by atoms with Crippen molar-refractivity contribution in [3.8, 4) is 0 Å². The van der Waals surface area contributed by atoms with Crippen LogP contribution in [0.3, 0.4) is 0 Å². The second-order valence-corrected chi connectivity index (χ2v) is 4.37. The molecule has 16 heavy (non-hydrogen) atoms. The van der Waals surface area contributed by atoms with Crippen LogP contribution in [0.4, 0.5) is 0 Å². The Hall–Kier alpha value is -0.610. The van der Waals surface area contributed by atoms with Crippen molar-refractivity contribution in [3.05, 3.63) is 0 Å². The first kappa shape index (κ1) is 13.5. The number of aliphatic hydroxyl groups is 1. The van der Waals surface area contributed by atoms with Gasteiger partial charge in [0.15, 0.2) is 0 Å². The van der Waals surface area contributed by atoms with E-state index in [4.69, 9.17) is 9.84 Å². The monoisotopic (exact) mass is 229 g/mol. The highest BCUT2D eigenvalue weighted by atomic mass is 16.5. The molecule has 2 atom stereocenters. The maximum atomic E-state index is 12.2. The molecule has 1 aliphatic rings. The predicted molar refractivity (Wildman–Crippen MR) is 62.1 cm³/mol. The number of aliphatic hydroxyl groups excluding tert-OH is 1. The Labute approximate surface area is 97.6 Å². The lowest BCUT2D eigenvalue weighted by molar-refractivity contribution is -0.137. The van der Waals surface area contributed by atoms with Gasteiger partial charge in [-0.15, -0.1) is 0 Å². The maximum absolute atomic E-state index is 12.2. The number of hydrogen-bond acceptors (Lipinski definition) is 3. The third-order valence-electron chi connectivity index (χ3n) is 3.16. The first-order valence-electron chi connectivity index (χ1n) is 6.22. The fourth-order valence-electron chi connectivity index (χ4n) is 2.09. The molecular formula is C12H23NO3. The molecule has 4 nitrogen and oxygen atoms in total. The zero-order valence-corrected chi connectivity index (χ0v) is 10.3. The molecule has 0 saturated carbocycles. The van der Waals surface area contributed by atoms with Crippen LogP contribution < -0.4 is 0 Å². The van der Waals surface area contributed by atoms with Crippen molar-refractivity contribution in [1.82, 2.24) is 4.90 Å². The van der Waals surface area contributed by atoms with Crippen LogP contribution >= 0.6 is 0 Å². The minimum atomic E-state index is -0.0107. The summed E-state index contributed by atoms with van der Waals surface area (Å²) in [6, 6.07) is 0. The molecule has 0 aromatic heterocycles. The van der Waals surface area contributed by atoms with Gasteiger partial charge in [-0.05, 0) is 19.8 Å². The van der Waals surface area contributed by atoms with E-state index in [1.807, 2.05) is 6.92 Å². The molecule has 1 aliphatic heterocycles. The summed E-state index contributed by atoms with van der Waals surface area (Å²) < 4.78 is 5.41. The van der Waals surface area contributed by atoms with Gasteiger partial charge in [0.2, 0.25) is 5.91 Å². The van der Waals surface area contributed by atoms with E-state index in [1.165, 1.54) is 0 Å². The lowest BCUT2D eigenvalue weighted by atomic mass is 10.0. The highest BCUT2D eigenvalue weighted by Gasteiger charge is 2.33. The summed E-state index contributed by atoms with van der Waals surface area (Å²) in [6.07, 6.45) is 2.89. The molecule has 0 aliphatic carbocycles. The van der Waals surface area contributed by atoms with Crippen LogP contribution in [0, 0.1) is 5.92 Å². The van der Waals surface area contributed by atoms with Gasteiger partial charge in [0.25, 0.3) is 0 Å². The molecule has 1 rings (SSSR count). The molecule has 1 fully saturated rings. The van der Waals surface area contributed by atoms with Crippen molar-refractivity contribution in [3.63, 3.8) is 0 Å². The van der Waals surface area contributed by atoms with Crippen LogP contribution in [0.5, 0.6) is 0 Å². The van der Waals surface area contributed by atoms with Gasteiger partial charge in [0.1, 0.15) is 0 Å². The largest absolute Gasteiger partial charge is 0.395 e. The third kappa shape index (κ3) is 3.46. The van der Waals surface area contributed by atoms with Crippen molar-refractivity contribution in [1.29, 1.82) is 0 Å². The summed E-state index contributed by atoms with van der Waals surface area (Å²) in [6.45, 7) is 5.96. The van der Waals surface area contributed by atoms with E-state index in [-0.39, 0.29) is 24.5 Å². The lowest BCUT2D eigenvalue weighted by Crippen LogP contribution is -2.40. The second-order valence-electron chi connectivity index (χ2n) is 4.37. The molecule has 1 N–H and O–H groups in total. The Morgan fingerprint density at radius 2 is 2.25 bits per heavy atom. The number of hydrogen-bond donors (Lipinski definition) is 1. The summed E-state index contributed by atoms with van der Waals surface area (Å²) in [5.41, 5.74) is 0. The molecule has 0 spiro atoms. The van der Waals surface area contributed by atoms with Gasteiger partial charge in [-0.2, -0.15) is 0 Å². The summed E-state index contributed by atoms with van der Waals surface area (Å²) in [5, 5.41) is 8.97. The normalized spacial score (nSPS) is 24.7. The highest BCUT2D eigenvalue weighted by Crippen LogP contribution is 2.22. The van der Waals surface area contributed by atoms with Crippen LogP contribution in [-0.2, 0) is 9.53 Å². The number of rotatable bonds is 6. The minimum absolute atomic E-state index is 0.0107. The number of unbranched alkanes of at least 4 members (excludes halogenated alkanes) is 1. The van der Waals surface area contributed by atoms with Crippen LogP contribution in [0.15, 0.2) is 0 Å². The average Bonchev–Trinajstić information content (AvgIpc) is 2.69. The van der Waals surface area contributed by atoms with Crippen molar-refractivity contribution in [2.75, 3.05) is 26.3 Å². The standard InChI is InChI=1S/C12H23NO3/c1-3-4-6-13(7-8-14)12(15)11-5-9-16-10(11)2/h10-11,14H,3-9H2,1-2H3. The molecule has 1 saturated heterocycles. The van der Waals surface area contributed by atoms with Crippen molar-refractivity contribution < 1.29 is 14.6 Å². The number of nitrogens with zero attached hydrogens (tertiary/aromatic N) is 1. The van der Waals surface area contributed by atoms with Gasteiger partial charge in [-0.1, -0.05) is 13.3 Å². The Balaban J connectivity index is 2.51. The summed E-state index contributed by atoms with van der Waals surface area (Å²) >= 11 is 0. The minimum Gasteiger partial charge on any atom is -0.395 e. The van der Waals surface area contributed by atoms with E-state index >= 15 is 0 Å². The van der Waals surface area contributed by atoms with Crippen LogP contribution in [-0.4, -0.2) is 48.3 Å². The van der Waals surface area contributed by atoms with Crippen LogP contribution in [0.1, 0.15) is 33.1 Å². The lowest BCUT2D eigenvalue weighted by Gasteiger charge is -2.26. The van der Waals surface area contributed by atoms with Crippen molar-refractivity contribution in [2.45, 2.75) is 39.2 Å². The maximum Gasteiger partial charge on any atom is 0.228 e. The Bertz CT molecular complexity index is 220. The summed E-state index contributed by atoms with van der Waals surface area (Å²) in [5.74, 6) is 0.135. The first-order chi connectivity index (χ1) is 7.70. The van der Waals surface area contributed by atoms with E-state index in [9.17, 15) is 4.79 Å². The molecule has 1 heterocycles. The number of amides is 1. The van der Waals surface area contributed by atoms with Crippen molar-refractivity contribution in [2.24, 2.45) is 5.92 Å². The van der Waals surface area contributed by atoms with Gasteiger partial charge in [0, 0.05) is 19.7 Å². The molecule has 0 aromatic carbocycles. The summed E-state index contributed by atoms with van der Waals surface area (Å²) in [7, 11) is 0. The molecule has 0 radical (unpaired) electrons. The van der Waals surface area contributed by atoms with E-state index in [1.54, 1.807) is 4.90 Å². The fourth-order valence-corrected chi connectivity index (χ4v) is 2.09. The SMILES string of the molecule is CCCCN(CCO)C(=O)C1CCOC1C. The smallest absolute Gasteiger partial charge is 0.228 e. The van der Waals surface area contributed by atoms with Gasteiger partial charge < -0.3 is 14.7 Å². The number of ether oxygens (including phenoxy) is 1. The van der Waals surface area contributed by atoms with E-state index in [0.29, 0.717) is 13.2 Å². The van der Waals surface area contributed by atoms with Gasteiger partial charge in [-0.25, -0.2) is 0 Å². The zero-order valence-electron chi connectivity index (χ0n) is 10.3. The van der Waals surface area contributed by atoms with E-state index in [0.717, 1.165) is 25.8 Å². The Kier molecular flexibility index (Phi) is 5.77. The Morgan fingerprint density at radius 1 is 1.50 bits per heavy atom. The van der Waals surface area contributed by atoms with E-state index < -0.39 is 0 Å². The third-order valence-corrected chi connectivity index (χ3v) is 3.16. The highest BCUT2D eigenvalue weighted by molar-refractivity contribution is 5.79. The van der Waals surface area contributed by atoms with Gasteiger partial charge in [-0.3, -0.25) is 4.79 Å². The van der Waals surface area contributed by atoms with Gasteiger partial charge >= 0.3 is 0 Å². The van der Waals surface area contributed by atoms with Crippen molar-refractivity contribution >= 4 is 5.91 Å². The molecular weight excluding hydrogens is 206 g/mol. The predicted octanol–water partition coefficient (Wildman–Crippen LogP) is 1.03. The van der Waals surface area contributed by atoms with E-state index in [2.05, 4.69) is 6.92 Å². The topological polar surface area (TPSA) is 49.8 Å². The fraction of sp³-hybridized carbons (Fsp3) is 0.917. The zero-order chi connectivity index (χ0) is 12.0. The molecule has 1 amide bonds. The molecule has 0 bridgehead atoms. The number of carbonyl (C=O) groups is 1. The van der Waals surface area contributed by atoms with Gasteiger partial charge in [0.05, 0.1) is 18.6 Å². The average molecular weight is 229 g/mol. The first-order valence-corrected chi connectivity index (χ1v) is 6.22. The molecule has 0 aromatic rings. The summed E-state index contributed by atoms with van der Waals surface area (Å²) in [4.78, 5) is 14.0. The van der Waals surface area contributed by atoms with Crippen LogP contribution in [0.25, 0.3) is 0 Å². The Morgan fingerprint density at radius 3 is 2.75 bits per heavy atom. The quantitative estimate of drug-likeness (QED) is 0.740. The van der Waals surface area contributed by atoms with Crippen LogP contribution in [0.2, 0.25) is 0 Å². The molecule has 2 unspecified atom stereocenters. The second kappa shape index (κ2) is 6.86. The molecule has 4 heteroatoms.